The van der Waals surface area contributed by atoms with Crippen LogP contribution >= 0.6 is 0 Å². The number of carbonyl (C=O) groups is 2. The van der Waals surface area contributed by atoms with Gasteiger partial charge in [0.1, 0.15) is 5.82 Å². The predicted molar refractivity (Wildman–Crippen MR) is 99.4 cm³/mol. The van der Waals surface area contributed by atoms with E-state index in [-0.39, 0.29) is 30.6 Å². The van der Waals surface area contributed by atoms with Gasteiger partial charge in [-0.2, -0.15) is 0 Å². The number of benzene rings is 2. The molecule has 2 aromatic rings. The van der Waals surface area contributed by atoms with Crippen molar-refractivity contribution in [3.05, 3.63) is 59.4 Å². The second-order valence-electron chi connectivity index (χ2n) is 5.87. The molecule has 0 fully saturated rings. The monoisotopic (exact) mass is 374 g/mol. The number of rotatable bonds is 9. The van der Waals surface area contributed by atoms with Gasteiger partial charge in [0.15, 0.2) is 11.5 Å². The summed E-state index contributed by atoms with van der Waals surface area (Å²) in [7, 11) is 3.14. The van der Waals surface area contributed by atoms with E-state index in [0.29, 0.717) is 30.0 Å². The smallest absolute Gasteiger partial charge is 0.239 e. The van der Waals surface area contributed by atoms with E-state index in [0.717, 1.165) is 5.56 Å². The Balaban J connectivity index is 1.70. The molecule has 27 heavy (non-hydrogen) atoms. The van der Waals surface area contributed by atoms with Crippen molar-refractivity contribution in [2.24, 2.45) is 0 Å². The van der Waals surface area contributed by atoms with Crippen LogP contribution in [0.5, 0.6) is 11.5 Å². The topological polar surface area (TPSA) is 76.7 Å². The van der Waals surface area contributed by atoms with Crippen LogP contribution in [-0.4, -0.2) is 39.1 Å². The van der Waals surface area contributed by atoms with E-state index >= 15 is 0 Å². The number of carbonyl (C=O) groups excluding carboxylic acids is 2. The molecule has 0 spiro atoms. The maximum atomic E-state index is 12.8. The van der Waals surface area contributed by atoms with Gasteiger partial charge >= 0.3 is 0 Å². The number of amides is 2. The summed E-state index contributed by atoms with van der Waals surface area (Å²) in [4.78, 5) is 23.7. The highest BCUT2D eigenvalue weighted by Crippen LogP contribution is 2.27. The van der Waals surface area contributed by atoms with Crippen LogP contribution in [0, 0.1) is 5.82 Å². The first-order valence-corrected chi connectivity index (χ1v) is 8.50. The molecule has 144 valence electrons. The first-order chi connectivity index (χ1) is 13.0. The van der Waals surface area contributed by atoms with Gasteiger partial charge in [-0.15, -0.1) is 0 Å². The van der Waals surface area contributed by atoms with Gasteiger partial charge in [-0.1, -0.05) is 18.2 Å². The predicted octanol–water partition coefficient (Wildman–Crippen LogP) is 1.86. The van der Waals surface area contributed by atoms with Crippen molar-refractivity contribution in [3.8, 4) is 11.5 Å². The minimum absolute atomic E-state index is 0.0964. The molecule has 2 aromatic carbocycles. The highest BCUT2D eigenvalue weighted by atomic mass is 19.1. The van der Waals surface area contributed by atoms with E-state index in [1.54, 1.807) is 14.2 Å². The molecule has 7 heteroatoms. The zero-order chi connectivity index (χ0) is 19.6. The van der Waals surface area contributed by atoms with E-state index in [2.05, 4.69) is 10.6 Å². The van der Waals surface area contributed by atoms with Crippen molar-refractivity contribution in [1.82, 2.24) is 10.6 Å². The maximum absolute atomic E-state index is 12.8. The Morgan fingerprint density at radius 2 is 1.56 bits per heavy atom. The van der Waals surface area contributed by atoms with Crippen molar-refractivity contribution in [1.29, 1.82) is 0 Å². The Bertz CT molecular complexity index is 778. The Labute approximate surface area is 157 Å². The van der Waals surface area contributed by atoms with Gasteiger partial charge < -0.3 is 20.1 Å². The van der Waals surface area contributed by atoms with Crippen LogP contribution in [0.4, 0.5) is 4.39 Å². The Morgan fingerprint density at radius 3 is 2.22 bits per heavy atom. The molecule has 0 aliphatic carbocycles. The van der Waals surface area contributed by atoms with Crippen molar-refractivity contribution >= 4 is 11.8 Å². The van der Waals surface area contributed by atoms with Crippen LogP contribution in [0.25, 0.3) is 0 Å². The maximum Gasteiger partial charge on any atom is 0.239 e. The molecule has 2 amide bonds. The molecule has 0 aliphatic heterocycles. The van der Waals surface area contributed by atoms with Crippen molar-refractivity contribution in [2.45, 2.75) is 12.8 Å². The summed E-state index contributed by atoms with van der Waals surface area (Å²) in [6.07, 6.45) is 0.717. The average Bonchev–Trinajstić information content (AvgIpc) is 2.68. The molecular weight excluding hydrogens is 351 g/mol. The molecule has 2 N–H and O–H groups in total. The SMILES string of the molecule is COc1ccc(CCNC(=O)CNC(=O)Cc2ccc(F)cc2)cc1OC. The van der Waals surface area contributed by atoms with Crippen molar-refractivity contribution in [2.75, 3.05) is 27.3 Å². The van der Waals surface area contributed by atoms with Crippen LogP contribution in [-0.2, 0) is 22.4 Å². The average molecular weight is 374 g/mol. The molecule has 6 nitrogen and oxygen atoms in total. The second-order valence-corrected chi connectivity index (χ2v) is 5.87. The van der Waals surface area contributed by atoms with Gasteiger partial charge in [-0.05, 0) is 41.8 Å². The van der Waals surface area contributed by atoms with Gasteiger partial charge in [-0.3, -0.25) is 9.59 Å². The van der Waals surface area contributed by atoms with Crippen LogP contribution < -0.4 is 20.1 Å². The van der Waals surface area contributed by atoms with Gasteiger partial charge in [0.2, 0.25) is 11.8 Å². The molecule has 0 saturated carbocycles. The Morgan fingerprint density at radius 1 is 0.889 bits per heavy atom. The van der Waals surface area contributed by atoms with Crippen LogP contribution in [0.3, 0.4) is 0 Å². The lowest BCUT2D eigenvalue weighted by Gasteiger charge is -2.10. The fraction of sp³-hybridized carbons (Fsp3) is 0.300. The summed E-state index contributed by atoms with van der Waals surface area (Å²) >= 11 is 0. The summed E-state index contributed by atoms with van der Waals surface area (Å²) < 4.78 is 23.3. The molecule has 0 aromatic heterocycles. The fourth-order valence-corrected chi connectivity index (χ4v) is 2.47. The first-order valence-electron chi connectivity index (χ1n) is 8.50. The quantitative estimate of drug-likeness (QED) is 0.703. The van der Waals surface area contributed by atoms with Crippen LogP contribution in [0.15, 0.2) is 42.5 Å². The number of methoxy groups -OCH3 is 2. The standard InChI is InChI=1S/C20H23FN2O4/c1-26-17-8-5-15(11-18(17)27-2)9-10-22-20(25)13-23-19(24)12-14-3-6-16(21)7-4-14/h3-8,11H,9-10,12-13H2,1-2H3,(H,22,25)(H,23,24). The van der Waals surface area contributed by atoms with Gasteiger partial charge in [0, 0.05) is 6.54 Å². The summed E-state index contributed by atoms with van der Waals surface area (Å²) in [5, 5.41) is 5.29. The third kappa shape index (κ3) is 6.62. The minimum atomic E-state index is -0.354. The number of halogens is 1. The molecular formula is C20H23FN2O4. The summed E-state index contributed by atoms with van der Waals surface area (Å²) in [6.45, 7) is 0.327. The van der Waals surface area contributed by atoms with E-state index in [1.807, 2.05) is 18.2 Å². The Hall–Kier alpha value is -3.09. The number of hydrogen-bond donors (Lipinski definition) is 2. The molecule has 2 rings (SSSR count). The van der Waals surface area contributed by atoms with E-state index < -0.39 is 0 Å². The molecule has 0 radical (unpaired) electrons. The molecule has 0 atom stereocenters. The summed E-state index contributed by atoms with van der Waals surface area (Å²) in [5.74, 6) is 0.358. The summed E-state index contributed by atoms with van der Waals surface area (Å²) in [6, 6.07) is 11.2. The van der Waals surface area contributed by atoms with Gasteiger partial charge in [0.05, 0.1) is 27.2 Å². The van der Waals surface area contributed by atoms with Crippen LogP contribution in [0.1, 0.15) is 11.1 Å². The molecule has 0 bridgehead atoms. The number of ether oxygens (including phenoxy) is 2. The van der Waals surface area contributed by atoms with E-state index in [1.165, 1.54) is 24.3 Å². The van der Waals surface area contributed by atoms with Crippen molar-refractivity contribution in [3.63, 3.8) is 0 Å². The minimum Gasteiger partial charge on any atom is -0.493 e. The zero-order valence-corrected chi connectivity index (χ0v) is 15.4. The van der Waals surface area contributed by atoms with Gasteiger partial charge in [-0.25, -0.2) is 4.39 Å². The van der Waals surface area contributed by atoms with E-state index in [4.69, 9.17) is 9.47 Å². The number of nitrogens with one attached hydrogen (secondary N) is 2. The molecule has 0 heterocycles. The second kappa shape index (κ2) is 10.2. The lowest BCUT2D eigenvalue weighted by Crippen LogP contribution is -2.38. The first kappa shape index (κ1) is 20.2. The van der Waals surface area contributed by atoms with E-state index in [9.17, 15) is 14.0 Å². The third-order valence-corrected chi connectivity index (χ3v) is 3.91. The normalized spacial score (nSPS) is 10.2. The van der Waals surface area contributed by atoms with Crippen molar-refractivity contribution < 1.29 is 23.5 Å². The van der Waals surface area contributed by atoms with Crippen LogP contribution in [0.2, 0.25) is 0 Å². The largest absolute Gasteiger partial charge is 0.493 e. The lowest BCUT2D eigenvalue weighted by molar-refractivity contribution is -0.125. The fourth-order valence-electron chi connectivity index (χ4n) is 2.47. The molecule has 0 aliphatic rings. The highest BCUT2D eigenvalue weighted by Gasteiger charge is 2.08. The third-order valence-electron chi connectivity index (χ3n) is 3.91. The lowest BCUT2D eigenvalue weighted by atomic mass is 10.1. The summed E-state index contributed by atoms with van der Waals surface area (Å²) in [5.41, 5.74) is 1.68. The number of hydrogen-bond acceptors (Lipinski definition) is 4. The Kier molecular flexibility index (Phi) is 7.61. The van der Waals surface area contributed by atoms with Gasteiger partial charge in [0.25, 0.3) is 0 Å². The zero-order valence-electron chi connectivity index (χ0n) is 15.4. The highest BCUT2D eigenvalue weighted by molar-refractivity contribution is 5.85. The molecule has 0 unspecified atom stereocenters. The molecule has 0 saturated heterocycles.